The van der Waals surface area contributed by atoms with E-state index in [4.69, 9.17) is 9.47 Å². The first kappa shape index (κ1) is 20.9. The van der Waals surface area contributed by atoms with Crippen molar-refractivity contribution in [2.45, 2.75) is 25.9 Å². The van der Waals surface area contributed by atoms with Crippen molar-refractivity contribution in [3.8, 4) is 11.5 Å². The fourth-order valence-electron chi connectivity index (χ4n) is 3.16. The van der Waals surface area contributed by atoms with Gasteiger partial charge in [-0.2, -0.15) is 0 Å². The first-order valence-electron chi connectivity index (χ1n) is 9.12. The number of hydrogen-bond acceptors (Lipinski definition) is 5. The van der Waals surface area contributed by atoms with Crippen LogP contribution < -0.4 is 19.1 Å². The molecule has 7 nitrogen and oxygen atoms in total. The number of hydrogen-bond donors (Lipinski definition) is 1. The maximum atomic E-state index is 14.2. The van der Waals surface area contributed by atoms with Gasteiger partial charge in [-0.1, -0.05) is 18.2 Å². The Kier molecular flexibility index (Phi) is 5.97. The molecule has 156 valence electrons. The van der Waals surface area contributed by atoms with Crippen molar-refractivity contribution in [1.82, 2.24) is 5.32 Å². The number of carbonyl (C=O) groups is 1. The Balaban J connectivity index is 1.80. The molecule has 1 N–H and O–H groups in total. The summed E-state index contributed by atoms with van der Waals surface area (Å²) in [7, 11) is -3.90. The second-order valence-electron chi connectivity index (χ2n) is 6.82. The third-order valence-electron chi connectivity index (χ3n) is 4.60. The minimum atomic E-state index is -3.90. The van der Waals surface area contributed by atoms with Gasteiger partial charge in [0, 0.05) is 0 Å². The Morgan fingerprint density at radius 1 is 1.10 bits per heavy atom. The number of ether oxygens (including phenoxy) is 2. The monoisotopic (exact) mass is 422 g/mol. The zero-order valence-corrected chi connectivity index (χ0v) is 17.2. The molecule has 0 fully saturated rings. The van der Waals surface area contributed by atoms with Gasteiger partial charge in [0.2, 0.25) is 15.9 Å². The van der Waals surface area contributed by atoms with E-state index in [9.17, 15) is 17.6 Å². The van der Waals surface area contributed by atoms with Gasteiger partial charge in [-0.05, 0) is 43.7 Å². The Labute approximate surface area is 169 Å². The molecule has 9 heteroatoms. The number of fused-ring (bicyclic) bond motifs is 1. The molecule has 1 heterocycles. The lowest BCUT2D eigenvalue weighted by Crippen LogP contribution is -2.48. The van der Waals surface area contributed by atoms with E-state index in [2.05, 4.69) is 5.32 Å². The van der Waals surface area contributed by atoms with Gasteiger partial charge in [-0.3, -0.25) is 9.10 Å². The molecular weight excluding hydrogens is 399 g/mol. The Bertz CT molecular complexity index is 1010. The molecule has 0 aliphatic carbocycles. The number of rotatable bonds is 6. The largest absolute Gasteiger partial charge is 0.486 e. The predicted octanol–water partition coefficient (Wildman–Crippen LogP) is 2.63. The quantitative estimate of drug-likeness (QED) is 0.774. The molecule has 0 spiro atoms. The summed E-state index contributed by atoms with van der Waals surface area (Å²) in [5, 5.41) is 2.78. The molecule has 0 aromatic heterocycles. The molecule has 0 saturated heterocycles. The average Bonchev–Trinajstić information content (AvgIpc) is 2.68. The lowest BCUT2D eigenvalue weighted by molar-refractivity contribution is -0.122. The van der Waals surface area contributed by atoms with Gasteiger partial charge in [0.1, 0.15) is 25.1 Å². The van der Waals surface area contributed by atoms with E-state index < -0.39 is 33.8 Å². The molecule has 29 heavy (non-hydrogen) atoms. The Morgan fingerprint density at radius 3 is 2.41 bits per heavy atom. The fraction of sp³-hybridized carbons (Fsp3) is 0.350. The van der Waals surface area contributed by atoms with E-state index in [1.165, 1.54) is 25.1 Å². The van der Waals surface area contributed by atoms with E-state index in [1.54, 1.807) is 25.1 Å². The smallest absolute Gasteiger partial charge is 0.244 e. The van der Waals surface area contributed by atoms with Gasteiger partial charge >= 0.3 is 0 Å². The Morgan fingerprint density at radius 2 is 1.76 bits per heavy atom. The van der Waals surface area contributed by atoms with Crippen molar-refractivity contribution in [1.29, 1.82) is 0 Å². The highest BCUT2D eigenvalue weighted by Gasteiger charge is 2.31. The van der Waals surface area contributed by atoms with Crippen LogP contribution in [0.3, 0.4) is 0 Å². The highest BCUT2D eigenvalue weighted by Crippen LogP contribution is 2.32. The standard InChI is InChI=1S/C20H23FN2O5S/c1-13(15-8-9-18-19(12-15)28-11-10-27-18)22-20(24)14(2)23(29(3,25)26)17-7-5-4-6-16(17)21/h4-9,12-14H,10-11H2,1-3H3,(H,22,24)/t13-,14+/m0/s1. The van der Waals surface area contributed by atoms with Crippen LogP contribution in [0.4, 0.5) is 10.1 Å². The molecule has 0 radical (unpaired) electrons. The summed E-state index contributed by atoms with van der Waals surface area (Å²) in [4.78, 5) is 12.8. The minimum absolute atomic E-state index is 0.176. The summed E-state index contributed by atoms with van der Waals surface area (Å²) in [6.45, 7) is 4.11. The lowest BCUT2D eigenvalue weighted by Gasteiger charge is -2.29. The normalized spacial score (nSPS) is 15.3. The van der Waals surface area contributed by atoms with Crippen molar-refractivity contribution >= 4 is 21.6 Å². The number of para-hydroxylation sites is 1. The Hall–Kier alpha value is -2.81. The zero-order chi connectivity index (χ0) is 21.2. The van der Waals surface area contributed by atoms with E-state index in [0.717, 1.165) is 22.2 Å². The van der Waals surface area contributed by atoms with Gasteiger partial charge in [-0.15, -0.1) is 0 Å². The van der Waals surface area contributed by atoms with Crippen LogP contribution in [-0.4, -0.2) is 39.8 Å². The summed E-state index contributed by atoms with van der Waals surface area (Å²) in [6.07, 6.45) is 0.938. The van der Waals surface area contributed by atoms with Crippen LogP contribution in [0.15, 0.2) is 42.5 Å². The van der Waals surface area contributed by atoms with E-state index >= 15 is 0 Å². The summed E-state index contributed by atoms with van der Waals surface area (Å²) in [5.41, 5.74) is 0.594. The van der Waals surface area contributed by atoms with Gasteiger partial charge in [0.25, 0.3) is 0 Å². The van der Waals surface area contributed by atoms with Crippen molar-refractivity contribution in [2.24, 2.45) is 0 Å². The maximum absolute atomic E-state index is 14.2. The maximum Gasteiger partial charge on any atom is 0.244 e. The van der Waals surface area contributed by atoms with Gasteiger partial charge in [0.15, 0.2) is 11.5 Å². The average molecular weight is 422 g/mol. The predicted molar refractivity (Wildman–Crippen MR) is 107 cm³/mol. The second-order valence-corrected chi connectivity index (χ2v) is 8.68. The molecule has 0 saturated carbocycles. The molecule has 2 aromatic carbocycles. The fourth-order valence-corrected chi connectivity index (χ4v) is 4.33. The SMILES string of the molecule is C[C@H](NC(=O)[C@@H](C)N(c1ccccc1F)S(C)(=O)=O)c1ccc2c(c1)OCCO2. The molecule has 0 bridgehead atoms. The van der Waals surface area contributed by atoms with Crippen LogP contribution in [0.5, 0.6) is 11.5 Å². The van der Waals surface area contributed by atoms with Gasteiger partial charge in [0.05, 0.1) is 18.0 Å². The van der Waals surface area contributed by atoms with E-state index in [-0.39, 0.29) is 5.69 Å². The number of carbonyl (C=O) groups excluding carboxylic acids is 1. The molecule has 1 amide bonds. The number of amides is 1. The third kappa shape index (κ3) is 4.61. The molecule has 2 aromatic rings. The number of sulfonamides is 1. The minimum Gasteiger partial charge on any atom is -0.486 e. The van der Waals surface area contributed by atoms with Crippen LogP contribution in [0.1, 0.15) is 25.5 Å². The first-order valence-corrected chi connectivity index (χ1v) is 11.0. The van der Waals surface area contributed by atoms with Gasteiger partial charge < -0.3 is 14.8 Å². The number of anilines is 1. The number of benzene rings is 2. The van der Waals surface area contributed by atoms with Crippen LogP contribution in [-0.2, 0) is 14.8 Å². The first-order chi connectivity index (χ1) is 13.7. The van der Waals surface area contributed by atoms with Crippen LogP contribution >= 0.6 is 0 Å². The lowest BCUT2D eigenvalue weighted by atomic mass is 10.1. The molecule has 0 unspecified atom stereocenters. The van der Waals surface area contributed by atoms with Crippen LogP contribution in [0.2, 0.25) is 0 Å². The van der Waals surface area contributed by atoms with Gasteiger partial charge in [-0.25, -0.2) is 12.8 Å². The summed E-state index contributed by atoms with van der Waals surface area (Å²) in [6, 6.07) is 9.19. The summed E-state index contributed by atoms with van der Waals surface area (Å²) in [5.74, 6) is -0.0553. The highest BCUT2D eigenvalue weighted by molar-refractivity contribution is 7.92. The topological polar surface area (TPSA) is 84.9 Å². The van der Waals surface area contributed by atoms with Crippen LogP contribution in [0, 0.1) is 5.82 Å². The zero-order valence-electron chi connectivity index (χ0n) is 16.4. The van der Waals surface area contributed by atoms with Crippen molar-refractivity contribution in [3.05, 3.63) is 53.8 Å². The molecular formula is C20H23FN2O5S. The van der Waals surface area contributed by atoms with E-state index in [0.29, 0.717) is 24.7 Å². The van der Waals surface area contributed by atoms with Crippen molar-refractivity contribution in [3.63, 3.8) is 0 Å². The van der Waals surface area contributed by atoms with Crippen LogP contribution in [0.25, 0.3) is 0 Å². The molecule has 3 rings (SSSR count). The highest BCUT2D eigenvalue weighted by atomic mass is 32.2. The molecule has 1 aliphatic heterocycles. The molecule has 1 aliphatic rings. The van der Waals surface area contributed by atoms with Crippen molar-refractivity contribution < 1.29 is 27.1 Å². The number of nitrogens with zero attached hydrogens (tertiary/aromatic N) is 1. The molecule has 2 atom stereocenters. The number of halogens is 1. The van der Waals surface area contributed by atoms with E-state index in [1.807, 2.05) is 0 Å². The number of nitrogens with one attached hydrogen (secondary N) is 1. The third-order valence-corrected chi connectivity index (χ3v) is 5.83. The summed E-state index contributed by atoms with van der Waals surface area (Å²) < 4.78 is 50.6. The second kappa shape index (κ2) is 8.28. The summed E-state index contributed by atoms with van der Waals surface area (Å²) >= 11 is 0. The van der Waals surface area contributed by atoms with Crippen molar-refractivity contribution in [2.75, 3.05) is 23.8 Å².